The number of rotatable bonds is 3. The van der Waals surface area contributed by atoms with Crippen molar-refractivity contribution in [2.24, 2.45) is 0 Å². The molecule has 0 saturated carbocycles. The van der Waals surface area contributed by atoms with Crippen LogP contribution in [-0.4, -0.2) is 23.1 Å². The summed E-state index contributed by atoms with van der Waals surface area (Å²) >= 11 is 1.63. The average molecular weight is 292 g/mol. The molecule has 1 aliphatic carbocycles. The van der Waals surface area contributed by atoms with E-state index in [-0.39, 0.29) is 18.1 Å². The number of allylic oxidation sites excluding steroid dienone is 3. The predicted octanol–water partition coefficient (Wildman–Crippen LogP) is 2.11. The summed E-state index contributed by atoms with van der Waals surface area (Å²) in [6.45, 7) is 5.91. The molecular weight excluding hydrogens is 276 g/mol. The first kappa shape index (κ1) is 16.0. The van der Waals surface area contributed by atoms with Gasteiger partial charge in [0.15, 0.2) is 0 Å². The molecule has 1 amide bonds. The first-order valence-electron chi connectivity index (χ1n) is 6.11. The van der Waals surface area contributed by atoms with E-state index in [0.29, 0.717) is 6.42 Å². The van der Waals surface area contributed by atoms with Crippen molar-refractivity contribution in [3.05, 3.63) is 33.8 Å². The topological polar surface area (TPSA) is 76.1 Å². The van der Waals surface area contributed by atoms with Gasteiger partial charge >= 0.3 is 6.15 Å². The van der Waals surface area contributed by atoms with Crippen molar-refractivity contribution >= 4 is 29.0 Å². The van der Waals surface area contributed by atoms with E-state index in [0.717, 1.165) is 21.8 Å². The van der Waals surface area contributed by atoms with Crippen LogP contribution < -0.4 is 5.32 Å². The number of carbonyl (C=O) groups is 1. The highest BCUT2D eigenvalue weighted by Gasteiger charge is 2.16. The number of amides is 1. The van der Waals surface area contributed by atoms with Crippen molar-refractivity contribution in [1.29, 1.82) is 0 Å². The zero-order valence-corrected chi connectivity index (χ0v) is 12.4. The molecule has 2 rings (SSSR count). The Morgan fingerprint density at radius 2 is 2.10 bits per heavy atom. The van der Waals surface area contributed by atoms with E-state index in [1.165, 1.54) is 0 Å². The quantitative estimate of drug-likeness (QED) is 0.925. The Morgan fingerprint density at radius 1 is 1.45 bits per heavy atom. The Balaban J connectivity index is 0.000000612. The van der Waals surface area contributed by atoms with Crippen LogP contribution in [-0.2, 0) is 14.4 Å². The van der Waals surface area contributed by atoms with E-state index in [9.17, 15) is 4.79 Å². The summed E-state index contributed by atoms with van der Waals surface area (Å²) in [7, 11) is 0. The number of nitrogens with zero attached hydrogens (tertiary/aromatic N) is 1. The summed E-state index contributed by atoms with van der Waals surface area (Å²) in [5.74, 6) is 0.0261. The molecule has 106 valence electrons. The molecule has 6 heteroatoms. The fourth-order valence-corrected chi connectivity index (χ4v) is 2.34. The van der Waals surface area contributed by atoms with E-state index in [1.807, 2.05) is 32.2 Å². The van der Waals surface area contributed by atoms with Gasteiger partial charge in [-0.25, -0.2) is 4.98 Å². The van der Waals surface area contributed by atoms with Crippen LogP contribution in [0.4, 0.5) is 0 Å². The van der Waals surface area contributed by atoms with Crippen LogP contribution in [0, 0.1) is 6.92 Å². The number of aryl methyl sites for hydroxylation is 1. The van der Waals surface area contributed by atoms with E-state index in [2.05, 4.69) is 16.4 Å². The van der Waals surface area contributed by atoms with Gasteiger partial charge in [-0.1, -0.05) is 6.08 Å². The van der Waals surface area contributed by atoms with E-state index in [4.69, 9.17) is 9.59 Å². The molecule has 0 aliphatic heterocycles. The third kappa shape index (κ3) is 4.57. The highest BCUT2D eigenvalue weighted by molar-refractivity contribution is 7.09. The van der Waals surface area contributed by atoms with Crippen molar-refractivity contribution in [1.82, 2.24) is 10.3 Å². The summed E-state index contributed by atoms with van der Waals surface area (Å²) in [4.78, 5) is 32.5. The second-order valence-electron chi connectivity index (χ2n) is 4.50. The second-order valence-corrected chi connectivity index (χ2v) is 5.56. The molecule has 0 spiro atoms. The van der Waals surface area contributed by atoms with Crippen LogP contribution in [0.25, 0.3) is 5.57 Å². The minimum atomic E-state index is 0.0261. The van der Waals surface area contributed by atoms with Crippen molar-refractivity contribution in [3.8, 4) is 0 Å². The van der Waals surface area contributed by atoms with Gasteiger partial charge in [-0.05, 0) is 38.8 Å². The fourth-order valence-electron chi connectivity index (χ4n) is 1.71. The molecule has 5 nitrogen and oxygen atoms in total. The SMILES string of the molecule is Cc1nc(C2=CCC(C(=O)NC(C)C)=C2)cs1.O=C=O. The lowest BCUT2D eigenvalue weighted by atomic mass is 10.2. The number of carbonyl (C=O) groups excluding carboxylic acids is 3. The van der Waals surface area contributed by atoms with Gasteiger partial charge in [0.25, 0.3) is 0 Å². The minimum Gasteiger partial charge on any atom is -0.350 e. The van der Waals surface area contributed by atoms with Gasteiger partial charge in [-0.3, -0.25) is 4.79 Å². The summed E-state index contributed by atoms with van der Waals surface area (Å²) in [5, 5.41) is 5.98. The lowest BCUT2D eigenvalue weighted by Crippen LogP contribution is -2.30. The lowest BCUT2D eigenvalue weighted by molar-refractivity contribution is -0.191. The number of aromatic nitrogens is 1. The summed E-state index contributed by atoms with van der Waals surface area (Å²) < 4.78 is 0. The molecule has 1 heterocycles. The van der Waals surface area contributed by atoms with Gasteiger partial charge < -0.3 is 5.32 Å². The van der Waals surface area contributed by atoms with Crippen LogP contribution in [0.1, 0.15) is 31.0 Å². The number of nitrogens with one attached hydrogen (secondary N) is 1. The van der Waals surface area contributed by atoms with E-state index < -0.39 is 0 Å². The highest BCUT2D eigenvalue weighted by Crippen LogP contribution is 2.27. The van der Waals surface area contributed by atoms with Gasteiger partial charge in [0.2, 0.25) is 5.91 Å². The lowest BCUT2D eigenvalue weighted by Gasteiger charge is -2.08. The van der Waals surface area contributed by atoms with Crippen LogP contribution in [0.5, 0.6) is 0 Å². The maximum atomic E-state index is 11.8. The minimum absolute atomic E-state index is 0.0261. The maximum Gasteiger partial charge on any atom is 0.373 e. The summed E-state index contributed by atoms with van der Waals surface area (Å²) in [5.41, 5.74) is 2.85. The van der Waals surface area contributed by atoms with Crippen molar-refractivity contribution in [3.63, 3.8) is 0 Å². The second kappa shape index (κ2) is 7.53. The van der Waals surface area contributed by atoms with Crippen LogP contribution in [0.3, 0.4) is 0 Å². The predicted molar refractivity (Wildman–Crippen MR) is 75.8 cm³/mol. The molecule has 1 aromatic heterocycles. The standard InChI is InChI=1S/C13H16N2OS.CO2/c1-8(2)14-13(16)11-5-4-10(6-11)12-7-17-9(3)15-12;2-1-3/h4,6-8H,5H2,1-3H3,(H,14,16);. The molecule has 0 bridgehead atoms. The zero-order valence-electron chi connectivity index (χ0n) is 11.6. The first-order chi connectivity index (χ1) is 9.47. The Morgan fingerprint density at radius 3 is 2.60 bits per heavy atom. The van der Waals surface area contributed by atoms with Crippen LogP contribution >= 0.6 is 11.3 Å². The van der Waals surface area contributed by atoms with Gasteiger partial charge in [-0.2, -0.15) is 9.59 Å². The number of hydrogen-bond acceptors (Lipinski definition) is 5. The Labute approximate surface area is 121 Å². The van der Waals surface area contributed by atoms with Gasteiger partial charge in [0.1, 0.15) is 0 Å². The summed E-state index contributed by atoms with van der Waals surface area (Å²) in [6, 6.07) is 0.175. The molecule has 20 heavy (non-hydrogen) atoms. The molecule has 0 radical (unpaired) electrons. The van der Waals surface area contributed by atoms with Crippen molar-refractivity contribution < 1.29 is 14.4 Å². The average Bonchev–Trinajstić information content (AvgIpc) is 2.97. The molecule has 1 aliphatic rings. The molecule has 0 unspecified atom stereocenters. The summed E-state index contributed by atoms with van der Waals surface area (Å²) in [6.07, 6.45) is 4.94. The van der Waals surface area contributed by atoms with Crippen LogP contribution in [0.2, 0.25) is 0 Å². The smallest absolute Gasteiger partial charge is 0.350 e. The van der Waals surface area contributed by atoms with Crippen LogP contribution in [0.15, 0.2) is 23.1 Å². The largest absolute Gasteiger partial charge is 0.373 e. The van der Waals surface area contributed by atoms with E-state index in [1.54, 1.807) is 11.3 Å². The normalized spacial score (nSPS) is 13.0. The Kier molecular flexibility index (Phi) is 6.03. The zero-order chi connectivity index (χ0) is 15.1. The Hall–Kier alpha value is -2.04. The molecule has 0 atom stereocenters. The molecular formula is C14H16N2O3S. The monoisotopic (exact) mass is 292 g/mol. The highest BCUT2D eigenvalue weighted by atomic mass is 32.1. The molecule has 0 aromatic carbocycles. The third-order valence-electron chi connectivity index (χ3n) is 2.50. The first-order valence-corrected chi connectivity index (χ1v) is 6.99. The maximum absolute atomic E-state index is 11.8. The van der Waals surface area contributed by atoms with Crippen molar-refractivity contribution in [2.45, 2.75) is 33.2 Å². The molecule has 1 N–H and O–H groups in total. The Bertz CT molecular complexity index is 579. The molecule has 0 fully saturated rings. The third-order valence-corrected chi connectivity index (χ3v) is 3.27. The molecule has 0 saturated heterocycles. The fraction of sp³-hybridized carbons (Fsp3) is 0.357. The van der Waals surface area contributed by atoms with E-state index >= 15 is 0 Å². The number of thiazole rings is 1. The van der Waals surface area contributed by atoms with Gasteiger partial charge in [0, 0.05) is 17.0 Å². The van der Waals surface area contributed by atoms with Gasteiger partial charge in [-0.15, -0.1) is 11.3 Å². The van der Waals surface area contributed by atoms with Gasteiger partial charge in [0.05, 0.1) is 10.7 Å². The number of hydrogen-bond donors (Lipinski definition) is 1. The molecule has 1 aromatic rings. The van der Waals surface area contributed by atoms with Crippen molar-refractivity contribution in [2.75, 3.05) is 0 Å².